The number of hydrogen-bond donors (Lipinski definition) is 0. The molecular weight excluding hydrogens is 396 g/mol. The number of sulfonamides is 1. The Balaban J connectivity index is 1.40. The van der Waals surface area contributed by atoms with Crippen LogP contribution < -0.4 is 0 Å². The second-order valence-corrected chi connectivity index (χ2v) is 11.1. The highest BCUT2D eigenvalue weighted by atomic mass is 32.2. The van der Waals surface area contributed by atoms with Crippen LogP contribution in [0.3, 0.4) is 0 Å². The lowest BCUT2D eigenvalue weighted by atomic mass is 9.68. The molecule has 0 radical (unpaired) electrons. The molecule has 2 aromatic carbocycles. The maximum atomic E-state index is 13.4. The van der Waals surface area contributed by atoms with Gasteiger partial charge in [-0.15, -0.1) is 0 Å². The minimum absolute atomic E-state index is 0.00500. The molecule has 5 rings (SSSR count). The Kier molecular flexibility index (Phi) is 4.75. The maximum Gasteiger partial charge on any atom is 0.254 e. The molecule has 1 atom stereocenters. The Hall–Kier alpha value is -2.18. The third-order valence-electron chi connectivity index (χ3n) is 7.23. The van der Waals surface area contributed by atoms with Crippen LogP contribution in [0.15, 0.2) is 53.4 Å². The Morgan fingerprint density at radius 1 is 1.07 bits per heavy atom. The summed E-state index contributed by atoms with van der Waals surface area (Å²) in [6, 6.07) is 14.8. The second kappa shape index (κ2) is 7.20. The highest BCUT2D eigenvalue weighted by Crippen LogP contribution is 2.51. The number of amides is 1. The standard InChI is InChI=1S/C24H28N2O3S/c1-18-15-24(11-5-12-24)17-26(18)30(28,29)22-9-8-19-10-13-25(16-21(19)14-22)23(27)20-6-3-2-4-7-20/h2-4,6-9,14,18H,5,10-13,15-17H2,1H3. The molecule has 1 saturated heterocycles. The van der Waals surface area contributed by atoms with Crippen molar-refractivity contribution in [3.63, 3.8) is 0 Å². The molecule has 1 spiro atoms. The van der Waals surface area contributed by atoms with Gasteiger partial charge in [-0.2, -0.15) is 4.31 Å². The minimum Gasteiger partial charge on any atom is -0.334 e. The summed E-state index contributed by atoms with van der Waals surface area (Å²) in [6.07, 6.45) is 5.22. The quantitative estimate of drug-likeness (QED) is 0.752. The molecule has 6 heteroatoms. The lowest BCUT2D eigenvalue weighted by Gasteiger charge is -2.38. The van der Waals surface area contributed by atoms with Crippen molar-refractivity contribution in [1.29, 1.82) is 0 Å². The van der Waals surface area contributed by atoms with Gasteiger partial charge in [0.1, 0.15) is 0 Å². The molecule has 0 N–H and O–H groups in total. The summed E-state index contributed by atoms with van der Waals surface area (Å²) >= 11 is 0. The smallest absolute Gasteiger partial charge is 0.254 e. The number of carbonyl (C=O) groups excluding carboxylic acids is 1. The van der Waals surface area contributed by atoms with E-state index in [1.807, 2.05) is 48.2 Å². The van der Waals surface area contributed by atoms with E-state index in [0.29, 0.717) is 30.1 Å². The molecule has 0 bridgehead atoms. The van der Waals surface area contributed by atoms with Gasteiger partial charge in [0.05, 0.1) is 4.90 Å². The number of fused-ring (bicyclic) bond motifs is 1. The van der Waals surface area contributed by atoms with Gasteiger partial charge in [0.25, 0.3) is 5.91 Å². The Labute approximate surface area is 178 Å². The van der Waals surface area contributed by atoms with Gasteiger partial charge in [0.2, 0.25) is 10.0 Å². The van der Waals surface area contributed by atoms with Crippen molar-refractivity contribution < 1.29 is 13.2 Å². The van der Waals surface area contributed by atoms with E-state index in [1.54, 1.807) is 16.4 Å². The van der Waals surface area contributed by atoms with Crippen LogP contribution >= 0.6 is 0 Å². The van der Waals surface area contributed by atoms with Crippen LogP contribution in [0.25, 0.3) is 0 Å². The van der Waals surface area contributed by atoms with Gasteiger partial charge in [-0.3, -0.25) is 4.79 Å². The first-order valence-electron chi connectivity index (χ1n) is 10.9. The third kappa shape index (κ3) is 3.26. The first-order valence-corrected chi connectivity index (χ1v) is 12.3. The lowest BCUT2D eigenvalue weighted by molar-refractivity contribution is 0.0734. The monoisotopic (exact) mass is 424 g/mol. The zero-order valence-corrected chi connectivity index (χ0v) is 18.2. The van der Waals surface area contributed by atoms with Gasteiger partial charge >= 0.3 is 0 Å². The second-order valence-electron chi connectivity index (χ2n) is 9.23. The molecule has 2 aromatic rings. The average Bonchev–Trinajstić information content (AvgIpc) is 3.12. The summed E-state index contributed by atoms with van der Waals surface area (Å²) in [7, 11) is -3.53. The molecule has 2 aliphatic heterocycles. The van der Waals surface area contributed by atoms with E-state index in [1.165, 1.54) is 6.42 Å². The molecule has 158 valence electrons. The van der Waals surface area contributed by atoms with E-state index >= 15 is 0 Å². The molecule has 30 heavy (non-hydrogen) atoms. The van der Waals surface area contributed by atoms with Crippen LogP contribution in [0.4, 0.5) is 0 Å². The van der Waals surface area contributed by atoms with Crippen molar-refractivity contribution in [1.82, 2.24) is 9.21 Å². The zero-order valence-electron chi connectivity index (χ0n) is 17.4. The van der Waals surface area contributed by atoms with E-state index in [0.717, 1.165) is 36.8 Å². The van der Waals surface area contributed by atoms with Crippen molar-refractivity contribution in [2.45, 2.75) is 56.5 Å². The van der Waals surface area contributed by atoms with Gasteiger partial charge in [-0.1, -0.05) is 30.7 Å². The van der Waals surface area contributed by atoms with Gasteiger partial charge in [0.15, 0.2) is 0 Å². The molecule has 1 unspecified atom stereocenters. The van der Waals surface area contributed by atoms with Gasteiger partial charge < -0.3 is 4.90 Å². The van der Waals surface area contributed by atoms with E-state index in [4.69, 9.17) is 0 Å². The molecule has 5 nitrogen and oxygen atoms in total. The van der Waals surface area contributed by atoms with Crippen LogP contribution in [0.5, 0.6) is 0 Å². The number of nitrogens with zero attached hydrogens (tertiary/aromatic N) is 2. The fraction of sp³-hybridized carbons (Fsp3) is 0.458. The van der Waals surface area contributed by atoms with E-state index in [2.05, 4.69) is 0 Å². The van der Waals surface area contributed by atoms with Gasteiger partial charge in [-0.05, 0) is 73.4 Å². The summed E-state index contributed by atoms with van der Waals surface area (Å²) in [5.74, 6) is -0.00500. The summed E-state index contributed by atoms with van der Waals surface area (Å²) in [4.78, 5) is 15.0. The molecule has 2 heterocycles. The highest BCUT2D eigenvalue weighted by Gasteiger charge is 2.50. The molecule has 2 fully saturated rings. The first-order chi connectivity index (χ1) is 14.4. The normalized spacial score (nSPS) is 23.2. The minimum atomic E-state index is -3.53. The number of benzene rings is 2. The van der Waals surface area contributed by atoms with Crippen molar-refractivity contribution in [3.05, 3.63) is 65.2 Å². The maximum absolute atomic E-state index is 13.4. The SMILES string of the molecule is CC1CC2(CCC2)CN1S(=O)(=O)c1ccc2c(c1)CN(C(=O)c1ccccc1)CC2. The lowest BCUT2D eigenvalue weighted by Crippen LogP contribution is -2.38. The summed E-state index contributed by atoms with van der Waals surface area (Å²) in [5.41, 5.74) is 2.95. The number of rotatable bonds is 3. The average molecular weight is 425 g/mol. The molecule has 1 aliphatic carbocycles. The third-order valence-corrected chi connectivity index (χ3v) is 9.19. The predicted molar refractivity (Wildman–Crippen MR) is 116 cm³/mol. The topological polar surface area (TPSA) is 57.7 Å². The number of carbonyl (C=O) groups is 1. The highest BCUT2D eigenvalue weighted by molar-refractivity contribution is 7.89. The molecular formula is C24H28N2O3S. The van der Waals surface area contributed by atoms with Crippen molar-refractivity contribution >= 4 is 15.9 Å². The van der Waals surface area contributed by atoms with Crippen LogP contribution in [0, 0.1) is 5.41 Å². The van der Waals surface area contributed by atoms with Gasteiger partial charge in [0, 0.05) is 31.2 Å². The molecule has 0 aromatic heterocycles. The molecule has 3 aliphatic rings. The van der Waals surface area contributed by atoms with E-state index < -0.39 is 10.0 Å². The van der Waals surface area contributed by atoms with Crippen LogP contribution in [-0.2, 0) is 23.0 Å². The van der Waals surface area contributed by atoms with E-state index in [-0.39, 0.29) is 17.4 Å². The van der Waals surface area contributed by atoms with E-state index in [9.17, 15) is 13.2 Å². The Morgan fingerprint density at radius 3 is 2.50 bits per heavy atom. The summed E-state index contributed by atoms with van der Waals surface area (Å²) in [6.45, 7) is 3.78. The van der Waals surface area contributed by atoms with Crippen molar-refractivity contribution in [3.8, 4) is 0 Å². The molecule has 1 amide bonds. The first kappa shape index (κ1) is 19.8. The van der Waals surface area contributed by atoms with Crippen molar-refractivity contribution in [2.24, 2.45) is 5.41 Å². The summed E-state index contributed by atoms with van der Waals surface area (Å²) < 4.78 is 28.6. The predicted octanol–water partition coefficient (Wildman–Crippen LogP) is 3.84. The fourth-order valence-corrected chi connectivity index (χ4v) is 7.20. The Bertz CT molecular complexity index is 1080. The largest absolute Gasteiger partial charge is 0.334 e. The fourth-order valence-electron chi connectivity index (χ4n) is 5.41. The summed E-state index contributed by atoms with van der Waals surface area (Å²) in [5, 5.41) is 0. The van der Waals surface area contributed by atoms with Gasteiger partial charge in [-0.25, -0.2) is 8.42 Å². The number of hydrogen-bond acceptors (Lipinski definition) is 3. The molecule has 1 saturated carbocycles. The van der Waals surface area contributed by atoms with Crippen LogP contribution in [0.1, 0.15) is 54.1 Å². The van der Waals surface area contributed by atoms with Crippen LogP contribution in [-0.4, -0.2) is 42.7 Å². The van der Waals surface area contributed by atoms with Crippen molar-refractivity contribution in [2.75, 3.05) is 13.1 Å². The Morgan fingerprint density at radius 2 is 1.83 bits per heavy atom. The zero-order chi connectivity index (χ0) is 20.9. The van der Waals surface area contributed by atoms with Crippen LogP contribution in [0.2, 0.25) is 0 Å².